The van der Waals surface area contributed by atoms with Crippen LogP contribution in [0, 0.1) is 0 Å². The van der Waals surface area contributed by atoms with Crippen LogP contribution < -0.4 is 4.74 Å². The predicted octanol–water partition coefficient (Wildman–Crippen LogP) is 4.02. The van der Waals surface area contributed by atoms with Gasteiger partial charge in [-0.15, -0.1) is 11.3 Å². The molecule has 1 aromatic heterocycles. The van der Waals surface area contributed by atoms with Crippen LogP contribution in [-0.4, -0.2) is 17.7 Å². The number of aromatic carboxylic acids is 1. The summed E-state index contributed by atoms with van der Waals surface area (Å²) < 4.78 is 5.63. The molecule has 20 heavy (non-hydrogen) atoms. The van der Waals surface area contributed by atoms with E-state index in [0.29, 0.717) is 17.2 Å². The summed E-state index contributed by atoms with van der Waals surface area (Å²) in [5.41, 5.74) is 1.27. The van der Waals surface area contributed by atoms with Crippen LogP contribution in [0.25, 0.3) is 0 Å². The van der Waals surface area contributed by atoms with Crippen molar-refractivity contribution in [2.75, 3.05) is 6.61 Å². The Morgan fingerprint density at radius 2 is 2.05 bits per heavy atom. The summed E-state index contributed by atoms with van der Waals surface area (Å²) >= 11 is 1.30. The van der Waals surface area contributed by atoms with Gasteiger partial charge in [0.05, 0.1) is 6.61 Å². The van der Waals surface area contributed by atoms with E-state index in [9.17, 15) is 4.79 Å². The van der Waals surface area contributed by atoms with E-state index < -0.39 is 5.97 Å². The minimum Gasteiger partial charge on any atom is -0.492 e. The molecule has 0 aliphatic rings. The largest absolute Gasteiger partial charge is 0.492 e. The van der Waals surface area contributed by atoms with Gasteiger partial charge in [0.2, 0.25) is 0 Å². The van der Waals surface area contributed by atoms with E-state index in [2.05, 4.69) is 12.1 Å². The molecule has 2 aromatic rings. The van der Waals surface area contributed by atoms with E-state index in [1.807, 2.05) is 31.2 Å². The summed E-state index contributed by atoms with van der Waals surface area (Å²) in [4.78, 5) is 12.5. The molecular weight excluding hydrogens is 272 g/mol. The zero-order valence-electron chi connectivity index (χ0n) is 11.5. The average molecular weight is 290 g/mol. The van der Waals surface area contributed by atoms with E-state index >= 15 is 0 Å². The van der Waals surface area contributed by atoms with Crippen LogP contribution in [0.1, 0.15) is 33.5 Å². The lowest BCUT2D eigenvalue weighted by molar-refractivity contribution is 0.0698. The molecule has 0 bridgehead atoms. The number of carboxylic acid groups (broad SMARTS) is 1. The van der Waals surface area contributed by atoms with Crippen molar-refractivity contribution in [2.45, 2.75) is 26.2 Å². The zero-order chi connectivity index (χ0) is 14.4. The maximum Gasteiger partial charge on any atom is 0.349 e. The second-order valence-corrected chi connectivity index (χ2v) is 5.64. The molecule has 0 atom stereocenters. The molecule has 1 heterocycles. The lowest BCUT2D eigenvalue weighted by Gasteiger charge is -2.05. The van der Waals surface area contributed by atoms with Crippen molar-refractivity contribution < 1.29 is 14.6 Å². The first-order valence-corrected chi connectivity index (χ1v) is 7.55. The molecule has 0 aliphatic heterocycles. The smallest absolute Gasteiger partial charge is 0.349 e. The highest BCUT2D eigenvalue weighted by atomic mass is 32.1. The topological polar surface area (TPSA) is 46.5 Å². The number of benzene rings is 1. The van der Waals surface area contributed by atoms with Crippen LogP contribution in [0.3, 0.4) is 0 Å². The molecule has 0 spiro atoms. The van der Waals surface area contributed by atoms with Gasteiger partial charge in [-0.25, -0.2) is 4.79 Å². The third kappa shape index (κ3) is 3.84. The van der Waals surface area contributed by atoms with Crippen molar-refractivity contribution in [1.82, 2.24) is 0 Å². The zero-order valence-corrected chi connectivity index (χ0v) is 12.3. The van der Waals surface area contributed by atoms with Gasteiger partial charge < -0.3 is 9.84 Å². The highest BCUT2D eigenvalue weighted by molar-refractivity contribution is 7.14. The molecule has 0 aliphatic carbocycles. The van der Waals surface area contributed by atoms with E-state index in [4.69, 9.17) is 9.84 Å². The van der Waals surface area contributed by atoms with Crippen LogP contribution in [0.15, 0.2) is 36.4 Å². The number of ether oxygens (including phenoxy) is 1. The highest BCUT2D eigenvalue weighted by Crippen LogP contribution is 2.30. The highest BCUT2D eigenvalue weighted by Gasteiger charge is 2.15. The molecule has 3 nitrogen and oxygen atoms in total. The molecule has 0 unspecified atom stereocenters. The van der Waals surface area contributed by atoms with Crippen molar-refractivity contribution in [3.8, 4) is 5.75 Å². The van der Waals surface area contributed by atoms with E-state index in [-0.39, 0.29) is 0 Å². The number of carbonyl (C=O) groups is 1. The van der Waals surface area contributed by atoms with Crippen LogP contribution >= 0.6 is 11.3 Å². The summed E-state index contributed by atoms with van der Waals surface area (Å²) in [7, 11) is 0. The molecule has 0 amide bonds. The van der Waals surface area contributed by atoms with Gasteiger partial charge in [0, 0.05) is 4.88 Å². The third-order valence-corrected chi connectivity index (χ3v) is 4.25. The monoisotopic (exact) mass is 290 g/mol. The lowest BCUT2D eigenvalue weighted by Crippen LogP contribution is -2.02. The van der Waals surface area contributed by atoms with Crippen molar-refractivity contribution in [2.24, 2.45) is 0 Å². The SMILES string of the molecule is CCc1cc(OCCCc2ccccc2)c(C(=O)O)s1. The van der Waals surface area contributed by atoms with Crippen LogP contribution in [-0.2, 0) is 12.8 Å². The Morgan fingerprint density at radius 3 is 2.70 bits per heavy atom. The van der Waals surface area contributed by atoms with Crippen molar-refractivity contribution in [3.05, 3.63) is 51.7 Å². The molecule has 0 saturated heterocycles. The Hall–Kier alpha value is -1.81. The molecule has 4 heteroatoms. The second-order valence-electron chi connectivity index (χ2n) is 4.50. The molecule has 1 N–H and O–H groups in total. The number of hydrogen-bond acceptors (Lipinski definition) is 3. The maximum atomic E-state index is 11.1. The maximum absolute atomic E-state index is 11.1. The van der Waals surface area contributed by atoms with Crippen molar-refractivity contribution in [3.63, 3.8) is 0 Å². The van der Waals surface area contributed by atoms with E-state index in [0.717, 1.165) is 24.1 Å². The normalized spacial score (nSPS) is 10.4. The van der Waals surface area contributed by atoms with Gasteiger partial charge in [0.15, 0.2) is 4.88 Å². The van der Waals surface area contributed by atoms with Gasteiger partial charge in [-0.3, -0.25) is 0 Å². The first-order valence-electron chi connectivity index (χ1n) is 6.73. The second kappa shape index (κ2) is 7.10. The quantitative estimate of drug-likeness (QED) is 0.783. The fourth-order valence-corrected chi connectivity index (χ4v) is 2.83. The van der Waals surface area contributed by atoms with Crippen molar-refractivity contribution in [1.29, 1.82) is 0 Å². The van der Waals surface area contributed by atoms with Gasteiger partial charge in [0.25, 0.3) is 0 Å². The Kier molecular flexibility index (Phi) is 5.18. The van der Waals surface area contributed by atoms with Gasteiger partial charge >= 0.3 is 5.97 Å². The number of thiophene rings is 1. The minimum absolute atomic E-state index is 0.307. The standard InChI is InChI=1S/C16H18O3S/c1-2-13-11-14(15(20-13)16(17)18)19-10-6-9-12-7-4-3-5-8-12/h3-5,7-8,11H,2,6,9-10H2,1H3,(H,17,18). The Morgan fingerprint density at radius 1 is 1.30 bits per heavy atom. The van der Waals surface area contributed by atoms with Crippen LogP contribution in [0.4, 0.5) is 0 Å². The summed E-state index contributed by atoms with van der Waals surface area (Å²) in [5.74, 6) is -0.403. The van der Waals surface area contributed by atoms with E-state index in [1.54, 1.807) is 0 Å². The first-order chi connectivity index (χ1) is 9.70. The Labute approximate surface area is 122 Å². The number of carboxylic acids is 1. The van der Waals surface area contributed by atoms with E-state index in [1.165, 1.54) is 16.9 Å². The summed E-state index contributed by atoms with van der Waals surface area (Å²) in [6, 6.07) is 12.1. The molecule has 106 valence electrons. The number of hydrogen-bond donors (Lipinski definition) is 1. The van der Waals surface area contributed by atoms with Crippen molar-refractivity contribution >= 4 is 17.3 Å². The molecular formula is C16H18O3S. The first kappa shape index (κ1) is 14.6. The van der Waals surface area contributed by atoms with Gasteiger partial charge in [0.1, 0.15) is 5.75 Å². The predicted molar refractivity (Wildman–Crippen MR) is 80.9 cm³/mol. The third-order valence-electron chi connectivity index (χ3n) is 3.00. The van der Waals surface area contributed by atoms with Gasteiger partial charge in [-0.05, 0) is 30.9 Å². The van der Waals surface area contributed by atoms with Crippen LogP contribution in [0.5, 0.6) is 5.75 Å². The average Bonchev–Trinajstić information content (AvgIpc) is 2.88. The van der Waals surface area contributed by atoms with Gasteiger partial charge in [-0.1, -0.05) is 37.3 Å². The molecule has 0 fully saturated rings. The Bertz CT molecular complexity index is 560. The molecule has 0 radical (unpaired) electrons. The minimum atomic E-state index is -0.909. The number of rotatable bonds is 7. The Balaban J connectivity index is 1.87. The molecule has 2 rings (SSSR count). The fourth-order valence-electron chi connectivity index (χ4n) is 1.96. The summed E-state index contributed by atoms with van der Waals surface area (Å²) in [5, 5.41) is 9.14. The fraction of sp³-hybridized carbons (Fsp3) is 0.312. The van der Waals surface area contributed by atoms with Gasteiger partial charge in [-0.2, -0.15) is 0 Å². The number of aryl methyl sites for hydroxylation is 2. The van der Waals surface area contributed by atoms with Crippen LogP contribution in [0.2, 0.25) is 0 Å². The molecule has 1 aromatic carbocycles. The molecule has 0 saturated carbocycles. The summed E-state index contributed by atoms with van der Waals surface area (Å²) in [6.45, 7) is 2.55. The summed E-state index contributed by atoms with van der Waals surface area (Å²) in [6.07, 6.45) is 2.65. The lowest BCUT2D eigenvalue weighted by atomic mass is 10.1.